The molecule has 0 aromatic carbocycles. The Bertz CT molecular complexity index is 818. The quantitative estimate of drug-likeness (QED) is 0.0714. The third-order valence-electron chi connectivity index (χ3n) is 9.93. The van der Waals surface area contributed by atoms with Crippen LogP contribution >= 0.6 is 0 Å². The summed E-state index contributed by atoms with van der Waals surface area (Å²) in [5.74, 6) is -0.391. The lowest BCUT2D eigenvalue weighted by Gasteiger charge is -2.24. The van der Waals surface area contributed by atoms with Crippen LogP contribution in [0.3, 0.4) is 0 Å². The van der Waals surface area contributed by atoms with E-state index in [1.807, 2.05) is 0 Å². The van der Waals surface area contributed by atoms with Crippen LogP contribution in [-0.4, -0.2) is 81.3 Å². The second kappa shape index (κ2) is 21.0. The fourth-order valence-electron chi connectivity index (χ4n) is 7.11. The van der Waals surface area contributed by atoms with Gasteiger partial charge in [0, 0.05) is 0 Å². The van der Waals surface area contributed by atoms with Gasteiger partial charge in [-0.15, -0.1) is 0 Å². The molecule has 0 saturated carbocycles. The minimum atomic E-state index is -0.728. The highest BCUT2D eigenvalue weighted by Gasteiger charge is 2.36. The standard InChI is InChI=1S/C36H64O8/c1-3-4-5-6-7-8-11-15-18-30(38)34-23-24-35(44-34)32(40)21-20-31(39)33-22-19-27(43-33)16-13-10-9-12-14-17-29(37)28-25-26(2)42-36(28)41/h25-27,29-35,37-40H,3-24H2,1-2H3/t26?,27?,29?,30-,31-,32+,33-,34+,35+/m1/s1. The van der Waals surface area contributed by atoms with Crippen molar-refractivity contribution < 1.29 is 39.4 Å². The molecular weight excluding hydrogens is 560 g/mol. The van der Waals surface area contributed by atoms with Crippen molar-refractivity contribution in [2.75, 3.05) is 0 Å². The van der Waals surface area contributed by atoms with Gasteiger partial charge in [-0.2, -0.15) is 0 Å². The average Bonchev–Trinajstić information content (AvgIpc) is 3.76. The van der Waals surface area contributed by atoms with E-state index in [0.717, 1.165) is 83.5 Å². The Morgan fingerprint density at radius 2 is 1.16 bits per heavy atom. The zero-order valence-electron chi connectivity index (χ0n) is 27.8. The molecule has 0 bridgehead atoms. The maximum Gasteiger partial charge on any atom is 0.337 e. The SMILES string of the molecule is CCCCCCCCCC[C@@H](O)[C@@H]1CC[C@@H]([C@@H](O)CC[C@@H](O)[C@H]2CCC(CCCCCCCC(O)C3=CC(C)OC3=O)O2)O1. The molecule has 0 amide bonds. The summed E-state index contributed by atoms with van der Waals surface area (Å²) >= 11 is 0. The molecular formula is C36H64O8. The van der Waals surface area contributed by atoms with E-state index in [4.69, 9.17) is 14.2 Å². The van der Waals surface area contributed by atoms with Gasteiger partial charge >= 0.3 is 5.97 Å². The topological polar surface area (TPSA) is 126 Å². The number of hydrogen-bond acceptors (Lipinski definition) is 8. The molecule has 2 fully saturated rings. The minimum Gasteiger partial charge on any atom is -0.455 e. The van der Waals surface area contributed by atoms with Gasteiger partial charge < -0.3 is 34.6 Å². The van der Waals surface area contributed by atoms with Gasteiger partial charge in [-0.25, -0.2) is 4.79 Å². The van der Waals surface area contributed by atoms with E-state index in [2.05, 4.69) is 6.92 Å². The smallest absolute Gasteiger partial charge is 0.337 e. The minimum absolute atomic E-state index is 0.168. The molecule has 3 aliphatic heterocycles. The molecule has 9 atom stereocenters. The van der Waals surface area contributed by atoms with Gasteiger partial charge in [-0.1, -0.05) is 90.4 Å². The van der Waals surface area contributed by atoms with Crippen molar-refractivity contribution in [1.29, 1.82) is 0 Å². The third kappa shape index (κ3) is 13.4. The summed E-state index contributed by atoms with van der Waals surface area (Å²) in [6.45, 7) is 4.04. The number of carbonyl (C=O) groups is 1. The Hall–Kier alpha value is -1.03. The molecule has 44 heavy (non-hydrogen) atoms. The molecule has 3 aliphatic rings. The first kappa shape index (κ1) is 37.4. The van der Waals surface area contributed by atoms with Crippen LogP contribution in [0.5, 0.6) is 0 Å². The van der Waals surface area contributed by atoms with Crippen LogP contribution in [0.1, 0.15) is 155 Å². The summed E-state index contributed by atoms with van der Waals surface area (Å²) in [7, 11) is 0. The maximum absolute atomic E-state index is 11.7. The van der Waals surface area contributed by atoms with E-state index in [1.54, 1.807) is 13.0 Å². The van der Waals surface area contributed by atoms with Crippen LogP contribution in [0.25, 0.3) is 0 Å². The average molecular weight is 625 g/mol. The fourth-order valence-corrected chi connectivity index (χ4v) is 7.11. The number of cyclic esters (lactones) is 1. The highest BCUT2D eigenvalue weighted by molar-refractivity contribution is 5.91. The molecule has 8 heteroatoms. The van der Waals surface area contributed by atoms with Crippen molar-refractivity contribution in [2.24, 2.45) is 0 Å². The summed E-state index contributed by atoms with van der Waals surface area (Å²) in [5, 5.41) is 42.3. The number of ether oxygens (including phenoxy) is 3. The summed E-state index contributed by atoms with van der Waals surface area (Å²) in [5.41, 5.74) is 0.405. The van der Waals surface area contributed by atoms with Crippen LogP contribution in [0.4, 0.5) is 0 Å². The van der Waals surface area contributed by atoms with Crippen molar-refractivity contribution in [3.05, 3.63) is 11.6 Å². The van der Waals surface area contributed by atoms with Gasteiger partial charge in [0.05, 0.1) is 54.4 Å². The van der Waals surface area contributed by atoms with Crippen LogP contribution in [-0.2, 0) is 19.0 Å². The van der Waals surface area contributed by atoms with Gasteiger partial charge in [0.2, 0.25) is 0 Å². The number of esters is 1. The van der Waals surface area contributed by atoms with Crippen LogP contribution < -0.4 is 0 Å². The van der Waals surface area contributed by atoms with Crippen molar-refractivity contribution in [2.45, 2.75) is 210 Å². The monoisotopic (exact) mass is 624 g/mol. The Kier molecular flexibility index (Phi) is 17.8. The fraction of sp³-hybridized carbons (Fsp3) is 0.917. The van der Waals surface area contributed by atoms with Crippen molar-refractivity contribution >= 4 is 5.97 Å². The predicted molar refractivity (Wildman–Crippen MR) is 172 cm³/mol. The second-order valence-corrected chi connectivity index (χ2v) is 13.8. The predicted octanol–water partition coefficient (Wildman–Crippen LogP) is 6.44. The molecule has 8 nitrogen and oxygen atoms in total. The molecule has 0 aliphatic carbocycles. The lowest BCUT2D eigenvalue weighted by molar-refractivity contribution is -0.139. The Morgan fingerprint density at radius 3 is 1.75 bits per heavy atom. The zero-order valence-corrected chi connectivity index (χ0v) is 27.8. The molecule has 3 unspecified atom stereocenters. The Balaban J connectivity index is 1.17. The van der Waals surface area contributed by atoms with Crippen molar-refractivity contribution in [1.82, 2.24) is 0 Å². The van der Waals surface area contributed by atoms with Crippen LogP contribution in [0, 0.1) is 0 Å². The third-order valence-corrected chi connectivity index (χ3v) is 9.93. The first-order chi connectivity index (χ1) is 21.3. The summed E-state index contributed by atoms with van der Waals surface area (Å²) < 4.78 is 17.3. The zero-order chi connectivity index (χ0) is 31.7. The molecule has 0 aromatic heterocycles. The number of aliphatic hydroxyl groups excluding tert-OH is 4. The van der Waals surface area contributed by atoms with E-state index in [9.17, 15) is 25.2 Å². The number of unbranched alkanes of at least 4 members (excludes halogenated alkanes) is 11. The summed E-state index contributed by atoms with van der Waals surface area (Å²) in [6.07, 6.45) is 20.5. The van der Waals surface area contributed by atoms with E-state index < -0.39 is 30.4 Å². The number of hydrogen-bond donors (Lipinski definition) is 4. The molecule has 0 radical (unpaired) electrons. The maximum atomic E-state index is 11.7. The largest absolute Gasteiger partial charge is 0.455 e. The first-order valence-corrected chi connectivity index (χ1v) is 18.2. The molecule has 2 saturated heterocycles. The lowest BCUT2D eigenvalue weighted by Crippen LogP contribution is -2.33. The molecule has 3 heterocycles. The second-order valence-electron chi connectivity index (χ2n) is 13.8. The van der Waals surface area contributed by atoms with Crippen molar-refractivity contribution in [3.63, 3.8) is 0 Å². The van der Waals surface area contributed by atoms with Gasteiger partial charge in [-0.05, 0) is 70.8 Å². The van der Waals surface area contributed by atoms with E-state index in [1.165, 1.54) is 38.5 Å². The van der Waals surface area contributed by atoms with Gasteiger partial charge in [0.1, 0.15) is 6.10 Å². The van der Waals surface area contributed by atoms with E-state index in [0.29, 0.717) is 24.8 Å². The molecule has 0 aromatic rings. The molecule has 4 N–H and O–H groups in total. The highest BCUT2D eigenvalue weighted by atomic mass is 16.5. The van der Waals surface area contributed by atoms with Gasteiger partial charge in [0.25, 0.3) is 0 Å². The Labute approximate surface area is 266 Å². The van der Waals surface area contributed by atoms with Crippen LogP contribution in [0.15, 0.2) is 11.6 Å². The van der Waals surface area contributed by atoms with Gasteiger partial charge in [0.15, 0.2) is 0 Å². The Morgan fingerprint density at radius 1 is 0.659 bits per heavy atom. The number of aliphatic hydroxyl groups is 4. The summed E-state index contributed by atoms with van der Waals surface area (Å²) in [4.78, 5) is 11.7. The lowest BCUT2D eigenvalue weighted by atomic mass is 9.98. The molecule has 3 rings (SSSR count). The van der Waals surface area contributed by atoms with E-state index in [-0.39, 0.29) is 30.5 Å². The number of rotatable bonds is 24. The van der Waals surface area contributed by atoms with Crippen molar-refractivity contribution in [3.8, 4) is 0 Å². The van der Waals surface area contributed by atoms with E-state index >= 15 is 0 Å². The first-order valence-electron chi connectivity index (χ1n) is 18.2. The molecule has 256 valence electrons. The summed E-state index contributed by atoms with van der Waals surface area (Å²) in [6, 6.07) is 0. The van der Waals surface area contributed by atoms with Crippen LogP contribution in [0.2, 0.25) is 0 Å². The highest BCUT2D eigenvalue weighted by Crippen LogP contribution is 2.31. The number of carbonyl (C=O) groups excluding carboxylic acids is 1. The van der Waals surface area contributed by atoms with Gasteiger partial charge in [-0.3, -0.25) is 0 Å². The normalized spacial score (nSPS) is 28.2. The molecule has 0 spiro atoms.